The first kappa shape index (κ1) is 19.8. The van der Waals surface area contributed by atoms with Gasteiger partial charge in [0.05, 0.1) is 10.6 Å². The number of hydrogen-bond acceptors (Lipinski definition) is 4. The maximum Gasteiger partial charge on any atom is 0.253 e. The minimum absolute atomic E-state index is 0.0862. The van der Waals surface area contributed by atoms with Crippen LogP contribution in [0, 0.1) is 25.7 Å². The van der Waals surface area contributed by atoms with Crippen LogP contribution in [0.2, 0.25) is 5.02 Å². The van der Waals surface area contributed by atoms with E-state index in [1.807, 2.05) is 6.07 Å². The molecule has 164 valence electrons. The van der Waals surface area contributed by atoms with Gasteiger partial charge < -0.3 is 10.6 Å². The van der Waals surface area contributed by atoms with E-state index in [0.29, 0.717) is 34.4 Å². The summed E-state index contributed by atoms with van der Waals surface area (Å²) in [5.41, 5.74) is 6.73. The number of carbonyl (C=O) groups excluding carboxylic acids is 1. The Kier molecular flexibility index (Phi) is 4.54. The minimum atomic E-state index is -0.0862. The number of anilines is 1. The van der Waals surface area contributed by atoms with Crippen molar-refractivity contribution in [2.24, 2.45) is 11.8 Å². The summed E-state index contributed by atoms with van der Waals surface area (Å²) in [5.74, 6) is 1.33. The largest absolute Gasteiger partial charge is 0.381 e. The molecule has 6 nitrogen and oxygen atoms in total. The molecule has 0 saturated heterocycles. The lowest BCUT2D eigenvalue weighted by molar-refractivity contribution is 0.0890. The van der Waals surface area contributed by atoms with E-state index in [9.17, 15) is 4.79 Å². The van der Waals surface area contributed by atoms with Crippen LogP contribution in [-0.2, 0) is 0 Å². The number of aromatic nitrogens is 3. The smallest absolute Gasteiger partial charge is 0.253 e. The van der Waals surface area contributed by atoms with Gasteiger partial charge in [-0.15, -0.1) is 10.2 Å². The van der Waals surface area contributed by atoms with E-state index in [1.54, 1.807) is 29.4 Å². The Bertz CT molecular complexity index is 1210. The number of fused-ring (bicyclic) bond motifs is 6. The Morgan fingerprint density at radius 1 is 1.12 bits per heavy atom. The number of benzene rings is 2. The van der Waals surface area contributed by atoms with Crippen LogP contribution in [-0.4, -0.2) is 32.8 Å². The number of rotatable bonds is 3. The maximum absolute atomic E-state index is 13.2. The molecule has 2 N–H and O–H groups in total. The van der Waals surface area contributed by atoms with Crippen LogP contribution in [0.3, 0.4) is 0 Å². The first-order valence-corrected chi connectivity index (χ1v) is 11.7. The number of nitrogens with one attached hydrogen (secondary N) is 2. The van der Waals surface area contributed by atoms with Gasteiger partial charge in [0.2, 0.25) is 0 Å². The molecule has 1 aliphatic heterocycles. The molecule has 0 spiro atoms. The molecule has 1 amide bonds. The quantitative estimate of drug-likeness (QED) is 0.613. The fourth-order valence-electron chi connectivity index (χ4n) is 6.23. The molecule has 32 heavy (non-hydrogen) atoms. The number of nitrogens with zero attached hydrogens (tertiary/aromatic N) is 3. The van der Waals surface area contributed by atoms with Crippen LogP contribution in [0.5, 0.6) is 0 Å². The van der Waals surface area contributed by atoms with Gasteiger partial charge in [-0.05, 0) is 85.9 Å². The summed E-state index contributed by atoms with van der Waals surface area (Å²) in [6, 6.07) is 10.8. The lowest BCUT2D eigenvalue weighted by Crippen LogP contribution is -2.49. The molecule has 1 aromatic heterocycles. The van der Waals surface area contributed by atoms with E-state index in [-0.39, 0.29) is 11.9 Å². The molecular formula is C25H26ClN5O. The molecule has 7 heteroatoms. The van der Waals surface area contributed by atoms with E-state index in [1.165, 1.54) is 28.8 Å². The number of hydrogen-bond donors (Lipinski definition) is 2. The average Bonchev–Trinajstić information content (AvgIpc) is 3.47. The van der Waals surface area contributed by atoms with Crippen molar-refractivity contribution in [1.82, 2.24) is 20.1 Å². The third-order valence-corrected chi connectivity index (χ3v) is 8.18. The zero-order valence-electron chi connectivity index (χ0n) is 18.2. The molecule has 0 radical (unpaired) electrons. The van der Waals surface area contributed by atoms with Crippen molar-refractivity contribution >= 4 is 23.2 Å². The Balaban J connectivity index is 1.25. The van der Waals surface area contributed by atoms with Crippen molar-refractivity contribution < 1.29 is 4.79 Å². The zero-order chi connectivity index (χ0) is 22.0. The monoisotopic (exact) mass is 447 g/mol. The molecule has 2 aromatic carbocycles. The van der Waals surface area contributed by atoms with Gasteiger partial charge in [0.1, 0.15) is 12.7 Å². The molecule has 6 rings (SSSR count). The van der Waals surface area contributed by atoms with E-state index >= 15 is 0 Å². The Morgan fingerprint density at radius 2 is 1.91 bits per heavy atom. The van der Waals surface area contributed by atoms with Crippen molar-refractivity contribution in [2.45, 2.75) is 51.1 Å². The summed E-state index contributed by atoms with van der Waals surface area (Å²) in [6.45, 7) is 4.36. The molecule has 2 bridgehead atoms. The van der Waals surface area contributed by atoms with Crippen molar-refractivity contribution in [3.8, 4) is 5.69 Å². The molecule has 2 fully saturated rings. The molecular weight excluding hydrogens is 422 g/mol. The van der Waals surface area contributed by atoms with Crippen LogP contribution >= 0.6 is 11.6 Å². The highest BCUT2D eigenvalue weighted by atomic mass is 35.5. The van der Waals surface area contributed by atoms with E-state index in [2.05, 4.69) is 46.8 Å². The highest BCUT2D eigenvalue weighted by Gasteiger charge is 2.52. The van der Waals surface area contributed by atoms with Gasteiger partial charge >= 0.3 is 0 Å². The summed E-state index contributed by atoms with van der Waals surface area (Å²) in [7, 11) is 0. The summed E-state index contributed by atoms with van der Waals surface area (Å²) < 4.78 is 1.77. The van der Waals surface area contributed by atoms with Crippen molar-refractivity contribution in [3.05, 3.63) is 70.3 Å². The van der Waals surface area contributed by atoms with Gasteiger partial charge in [-0.25, -0.2) is 0 Å². The standard InChI is InChI=1S/C25H26ClN5O/c1-13-7-19-21(8-14(13)2)29-22-9-15-3-5-18(23(19)22)24(15)30-25(32)17-6-4-16(10-20(17)26)31-11-27-28-12-31/h4,6-8,10-12,15,18,22-24,29H,3,5,9H2,1-2H3,(H,30,32)/t15-,18+,22?,23?,24+/m0/s1. The second-order valence-corrected chi connectivity index (χ2v) is 9.98. The van der Waals surface area contributed by atoms with Crippen molar-refractivity contribution in [2.75, 3.05) is 5.32 Å². The third-order valence-electron chi connectivity index (χ3n) is 7.87. The normalized spacial score (nSPS) is 27.5. The summed E-state index contributed by atoms with van der Waals surface area (Å²) in [6.07, 6.45) is 6.64. The highest BCUT2D eigenvalue weighted by Crippen LogP contribution is 2.55. The van der Waals surface area contributed by atoms with Crippen molar-refractivity contribution in [1.29, 1.82) is 0 Å². The van der Waals surface area contributed by atoms with Crippen LogP contribution in [0.1, 0.15) is 52.2 Å². The first-order chi connectivity index (χ1) is 15.5. The SMILES string of the molecule is Cc1cc2c(cc1C)C1C(C[C@@H]3CC[C@H]1[C@@H]3NC(=O)c1ccc(-n3cnnc3)cc1Cl)N2. The van der Waals surface area contributed by atoms with Crippen LogP contribution in [0.15, 0.2) is 43.0 Å². The highest BCUT2D eigenvalue weighted by molar-refractivity contribution is 6.34. The number of halogens is 1. The Labute approximate surface area is 192 Å². The lowest BCUT2D eigenvalue weighted by atomic mass is 9.71. The predicted molar refractivity (Wildman–Crippen MR) is 125 cm³/mol. The van der Waals surface area contributed by atoms with Gasteiger partial charge in [0.15, 0.2) is 0 Å². The van der Waals surface area contributed by atoms with Gasteiger partial charge in [-0.2, -0.15) is 0 Å². The van der Waals surface area contributed by atoms with Gasteiger partial charge in [-0.3, -0.25) is 9.36 Å². The Morgan fingerprint density at radius 3 is 2.69 bits per heavy atom. The van der Waals surface area contributed by atoms with E-state index < -0.39 is 0 Å². The molecule has 2 unspecified atom stereocenters. The Hall–Kier alpha value is -2.86. The summed E-state index contributed by atoms with van der Waals surface area (Å²) in [5, 5.41) is 15.3. The summed E-state index contributed by atoms with van der Waals surface area (Å²) in [4.78, 5) is 13.2. The molecule has 3 aliphatic rings. The van der Waals surface area contributed by atoms with Gasteiger partial charge in [-0.1, -0.05) is 17.7 Å². The summed E-state index contributed by atoms with van der Waals surface area (Å²) >= 11 is 6.51. The maximum atomic E-state index is 13.2. The number of amides is 1. The van der Waals surface area contributed by atoms with Crippen LogP contribution in [0.25, 0.3) is 5.69 Å². The fourth-order valence-corrected chi connectivity index (χ4v) is 6.49. The number of carbonyl (C=O) groups is 1. The molecule has 2 aliphatic carbocycles. The van der Waals surface area contributed by atoms with E-state index in [4.69, 9.17) is 11.6 Å². The van der Waals surface area contributed by atoms with Gasteiger partial charge in [0, 0.05) is 29.4 Å². The van der Waals surface area contributed by atoms with Gasteiger partial charge in [0.25, 0.3) is 5.91 Å². The van der Waals surface area contributed by atoms with Crippen LogP contribution in [0.4, 0.5) is 5.69 Å². The lowest BCUT2D eigenvalue weighted by Gasteiger charge is -2.39. The van der Waals surface area contributed by atoms with E-state index in [0.717, 1.165) is 18.5 Å². The second kappa shape index (κ2) is 7.34. The zero-order valence-corrected chi connectivity index (χ0v) is 18.9. The second-order valence-electron chi connectivity index (χ2n) is 9.57. The number of aryl methyl sites for hydroxylation is 2. The topological polar surface area (TPSA) is 71.8 Å². The molecule has 5 atom stereocenters. The molecule has 3 aromatic rings. The third kappa shape index (κ3) is 3.04. The fraction of sp³-hybridized carbons (Fsp3) is 0.400. The minimum Gasteiger partial charge on any atom is -0.381 e. The predicted octanol–water partition coefficient (Wildman–Crippen LogP) is 4.64. The molecule has 2 heterocycles. The molecule has 2 saturated carbocycles. The van der Waals surface area contributed by atoms with Crippen LogP contribution < -0.4 is 10.6 Å². The first-order valence-electron chi connectivity index (χ1n) is 11.3. The van der Waals surface area contributed by atoms with Crippen molar-refractivity contribution in [3.63, 3.8) is 0 Å². The average molecular weight is 448 g/mol.